The third kappa shape index (κ3) is 4.96. The first-order chi connectivity index (χ1) is 16.9. The number of methoxy groups -OCH3 is 1. The van der Waals surface area contributed by atoms with Crippen molar-refractivity contribution in [1.82, 2.24) is 14.5 Å². The number of hydrogen-bond acceptors (Lipinski definition) is 5. The van der Waals surface area contributed by atoms with Gasteiger partial charge in [-0.3, -0.25) is 19.0 Å². The maximum absolute atomic E-state index is 12.7. The van der Waals surface area contributed by atoms with Crippen molar-refractivity contribution in [1.29, 1.82) is 0 Å². The van der Waals surface area contributed by atoms with Crippen molar-refractivity contribution in [3.8, 4) is 11.5 Å². The molecule has 0 saturated heterocycles. The molecular formula is C27H27N3O5. The smallest absolute Gasteiger partial charge is 0.317 e. The van der Waals surface area contributed by atoms with Crippen LogP contribution in [0.1, 0.15) is 28.4 Å². The number of nitrogens with zero attached hydrogens (tertiary/aromatic N) is 2. The summed E-state index contributed by atoms with van der Waals surface area (Å²) in [4.78, 5) is 37.7. The van der Waals surface area contributed by atoms with E-state index in [0.717, 1.165) is 11.1 Å². The van der Waals surface area contributed by atoms with Crippen LogP contribution in [0, 0.1) is 0 Å². The molecule has 0 unspecified atom stereocenters. The average molecular weight is 474 g/mol. The van der Waals surface area contributed by atoms with Gasteiger partial charge in [0, 0.05) is 19.2 Å². The fraction of sp³-hybridized carbons (Fsp3) is 0.222. The van der Waals surface area contributed by atoms with Crippen LogP contribution < -0.4 is 25.9 Å². The van der Waals surface area contributed by atoms with E-state index in [1.165, 1.54) is 9.13 Å². The van der Waals surface area contributed by atoms with Crippen molar-refractivity contribution in [3.05, 3.63) is 104 Å². The van der Waals surface area contributed by atoms with Gasteiger partial charge in [0.05, 0.1) is 31.3 Å². The van der Waals surface area contributed by atoms with Gasteiger partial charge in [0.25, 0.3) is 5.91 Å². The van der Waals surface area contributed by atoms with Crippen LogP contribution in [0.5, 0.6) is 11.5 Å². The van der Waals surface area contributed by atoms with Gasteiger partial charge >= 0.3 is 11.1 Å². The molecule has 4 aromatic rings. The molecular weight excluding hydrogens is 446 g/mol. The number of amides is 1. The summed E-state index contributed by atoms with van der Waals surface area (Å²) in [5, 5.41) is 2.90. The molecule has 0 fully saturated rings. The summed E-state index contributed by atoms with van der Waals surface area (Å²) < 4.78 is 13.7. The summed E-state index contributed by atoms with van der Waals surface area (Å²) in [6.07, 6.45) is 0. The van der Waals surface area contributed by atoms with E-state index in [1.807, 2.05) is 43.3 Å². The van der Waals surface area contributed by atoms with Gasteiger partial charge in [-0.25, -0.2) is 0 Å². The molecule has 1 amide bonds. The molecule has 3 aromatic carbocycles. The lowest BCUT2D eigenvalue weighted by molar-refractivity contribution is 0.0951. The number of ether oxygens (including phenoxy) is 2. The van der Waals surface area contributed by atoms with Gasteiger partial charge in [-0.2, -0.15) is 0 Å². The first kappa shape index (κ1) is 23.8. The van der Waals surface area contributed by atoms with Crippen LogP contribution in [0.4, 0.5) is 0 Å². The molecule has 0 radical (unpaired) electrons. The Hall–Kier alpha value is -4.33. The highest BCUT2D eigenvalue weighted by Crippen LogP contribution is 2.28. The zero-order chi connectivity index (χ0) is 24.9. The van der Waals surface area contributed by atoms with E-state index in [0.29, 0.717) is 41.2 Å². The molecule has 0 spiro atoms. The third-order valence-corrected chi connectivity index (χ3v) is 5.80. The zero-order valence-corrected chi connectivity index (χ0v) is 19.9. The van der Waals surface area contributed by atoms with Gasteiger partial charge in [0.1, 0.15) is 0 Å². The van der Waals surface area contributed by atoms with E-state index in [9.17, 15) is 14.4 Å². The van der Waals surface area contributed by atoms with Crippen LogP contribution in [-0.2, 0) is 20.1 Å². The first-order valence-corrected chi connectivity index (χ1v) is 11.3. The maximum Gasteiger partial charge on any atom is 0.317 e. The predicted molar refractivity (Wildman–Crippen MR) is 134 cm³/mol. The fourth-order valence-corrected chi connectivity index (χ4v) is 3.94. The molecule has 0 aliphatic carbocycles. The summed E-state index contributed by atoms with van der Waals surface area (Å²) >= 11 is 0. The highest BCUT2D eigenvalue weighted by molar-refractivity contribution is 5.94. The minimum atomic E-state index is -0.584. The molecule has 0 atom stereocenters. The monoisotopic (exact) mass is 473 g/mol. The molecule has 8 heteroatoms. The van der Waals surface area contributed by atoms with E-state index in [2.05, 4.69) is 5.32 Å². The second kappa shape index (κ2) is 10.3. The molecule has 35 heavy (non-hydrogen) atoms. The van der Waals surface area contributed by atoms with Gasteiger partial charge in [-0.15, -0.1) is 0 Å². The molecule has 1 N–H and O–H groups in total. The Kier molecular flexibility index (Phi) is 7.01. The predicted octanol–water partition coefficient (Wildman–Crippen LogP) is 3.09. The van der Waals surface area contributed by atoms with Crippen molar-refractivity contribution >= 4 is 16.9 Å². The largest absolute Gasteiger partial charge is 0.493 e. The van der Waals surface area contributed by atoms with Crippen LogP contribution >= 0.6 is 0 Å². The number of nitrogens with one attached hydrogen (secondary N) is 1. The number of benzene rings is 3. The van der Waals surface area contributed by atoms with E-state index < -0.39 is 11.1 Å². The number of fused-ring (bicyclic) bond motifs is 1. The van der Waals surface area contributed by atoms with E-state index in [1.54, 1.807) is 44.5 Å². The Morgan fingerprint density at radius 1 is 0.886 bits per heavy atom. The molecule has 4 rings (SSSR count). The topological polar surface area (TPSA) is 91.6 Å². The molecule has 0 saturated carbocycles. The lowest BCUT2D eigenvalue weighted by atomic mass is 10.1. The number of hydrogen-bond donors (Lipinski definition) is 1. The zero-order valence-electron chi connectivity index (χ0n) is 19.9. The van der Waals surface area contributed by atoms with Gasteiger partial charge < -0.3 is 19.4 Å². The quantitative estimate of drug-likeness (QED) is 0.397. The van der Waals surface area contributed by atoms with Gasteiger partial charge in [0.15, 0.2) is 11.5 Å². The van der Waals surface area contributed by atoms with E-state index in [-0.39, 0.29) is 12.5 Å². The number of para-hydroxylation sites is 2. The average Bonchev–Trinajstić information content (AvgIpc) is 2.89. The summed E-state index contributed by atoms with van der Waals surface area (Å²) in [5.41, 5.74) is 2.37. The maximum atomic E-state index is 12.7. The Labute approximate surface area is 202 Å². The Balaban J connectivity index is 1.48. The minimum absolute atomic E-state index is 0.221. The third-order valence-electron chi connectivity index (χ3n) is 5.80. The molecule has 0 aliphatic rings. The van der Waals surface area contributed by atoms with Crippen LogP contribution in [0.15, 0.2) is 76.3 Å². The van der Waals surface area contributed by atoms with Gasteiger partial charge in [0.2, 0.25) is 0 Å². The second-order valence-corrected chi connectivity index (χ2v) is 8.04. The van der Waals surface area contributed by atoms with Crippen LogP contribution in [0.3, 0.4) is 0 Å². The Morgan fingerprint density at radius 3 is 2.26 bits per heavy atom. The normalized spacial score (nSPS) is 10.8. The number of aryl methyl sites for hydroxylation is 1. The molecule has 1 heterocycles. The van der Waals surface area contributed by atoms with Crippen molar-refractivity contribution in [3.63, 3.8) is 0 Å². The second-order valence-electron chi connectivity index (χ2n) is 8.04. The standard InChI is InChI=1S/C27H27N3O5/c1-4-35-24-15-19(11-14-23(24)34-3)16-28-25(31)20-12-9-18(10-13-20)17-30-22-8-6-5-7-21(22)29(2)26(32)27(30)33/h5-15H,4,16-17H2,1-3H3,(H,28,31). The molecule has 0 bridgehead atoms. The lowest BCUT2D eigenvalue weighted by Gasteiger charge is -2.13. The fourth-order valence-electron chi connectivity index (χ4n) is 3.94. The van der Waals surface area contributed by atoms with Crippen molar-refractivity contribution in [2.75, 3.05) is 13.7 Å². The van der Waals surface area contributed by atoms with Crippen LogP contribution in [0.25, 0.3) is 11.0 Å². The number of carbonyl (C=O) groups excluding carboxylic acids is 1. The van der Waals surface area contributed by atoms with E-state index >= 15 is 0 Å². The molecule has 180 valence electrons. The number of carbonyl (C=O) groups is 1. The van der Waals surface area contributed by atoms with E-state index in [4.69, 9.17) is 9.47 Å². The molecule has 8 nitrogen and oxygen atoms in total. The lowest BCUT2D eigenvalue weighted by Crippen LogP contribution is -2.40. The summed E-state index contributed by atoms with van der Waals surface area (Å²) in [5.74, 6) is 1.05. The summed E-state index contributed by atoms with van der Waals surface area (Å²) in [6, 6.07) is 19.8. The summed E-state index contributed by atoms with van der Waals surface area (Å²) in [6.45, 7) is 2.97. The minimum Gasteiger partial charge on any atom is -0.493 e. The Bertz CT molecular complexity index is 1490. The Morgan fingerprint density at radius 2 is 1.57 bits per heavy atom. The highest BCUT2D eigenvalue weighted by atomic mass is 16.5. The van der Waals surface area contributed by atoms with Crippen LogP contribution in [-0.4, -0.2) is 28.8 Å². The highest BCUT2D eigenvalue weighted by Gasteiger charge is 2.12. The molecule has 0 aliphatic heterocycles. The number of aromatic nitrogens is 2. The van der Waals surface area contributed by atoms with Crippen molar-refractivity contribution < 1.29 is 14.3 Å². The van der Waals surface area contributed by atoms with Gasteiger partial charge in [-0.05, 0) is 54.4 Å². The number of rotatable bonds is 8. The SMILES string of the molecule is CCOc1cc(CNC(=O)c2ccc(Cn3c(=O)c(=O)n(C)c4ccccc43)cc2)ccc1OC. The van der Waals surface area contributed by atoms with Gasteiger partial charge in [-0.1, -0.05) is 30.3 Å². The summed E-state index contributed by atoms with van der Waals surface area (Å²) in [7, 11) is 3.17. The van der Waals surface area contributed by atoms with Crippen molar-refractivity contribution in [2.45, 2.75) is 20.0 Å². The molecule has 1 aromatic heterocycles. The van der Waals surface area contributed by atoms with Crippen molar-refractivity contribution in [2.24, 2.45) is 7.05 Å². The first-order valence-electron chi connectivity index (χ1n) is 11.3. The van der Waals surface area contributed by atoms with Crippen LogP contribution in [0.2, 0.25) is 0 Å².